The molecule has 0 aromatic carbocycles. The Morgan fingerprint density at radius 2 is 0.981 bits per heavy atom. The number of ether oxygens (including phenoxy) is 2. The molecular weight excluding hydrogens is 745 g/mol. The van der Waals surface area contributed by atoms with Gasteiger partial charge in [0.1, 0.15) is 59.7 Å². The van der Waals surface area contributed by atoms with Crippen LogP contribution in [0.4, 0.5) is 0 Å². The average molecular weight is 813 g/mol. The summed E-state index contributed by atoms with van der Waals surface area (Å²) in [6, 6.07) is -2.39. The van der Waals surface area contributed by atoms with Crippen LogP contribution in [0.1, 0.15) is 66.2 Å². The van der Waals surface area contributed by atoms with Crippen molar-refractivity contribution in [1.82, 2.24) is 20.4 Å². The number of nitrogens with zero attached hydrogens (tertiary/aromatic N) is 2. The monoisotopic (exact) mass is 812 g/mol. The van der Waals surface area contributed by atoms with Crippen LogP contribution >= 0.6 is 23.5 Å². The van der Waals surface area contributed by atoms with Crippen LogP contribution in [0.2, 0.25) is 0 Å². The summed E-state index contributed by atoms with van der Waals surface area (Å²) >= 11 is 2.39. The standard InChI is InChI=1S/2C18H34N2O6S/c2*1-5-6-10-7-11(20(3)8-10)17(25)19-12(9(2)21)16-14(23)13(22)15(24)18(26-16)27-4/h2*9-16,18,21-24H,5-8H2,1-4H3,(H,19,25)/t2*9-,10-,11+,12-,13+,14-,15-,16-,18-/m11/s1. The van der Waals surface area contributed by atoms with Crippen molar-refractivity contribution in [3.8, 4) is 0 Å². The van der Waals surface area contributed by atoms with E-state index in [0.29, 0.717) is 11.8 Å². The summed E-state index contributed by atoms with van der Waals surface area (Å²) in [6.07, 6.45) is -2.99. The molecule has 0 aliphatic carbocycles. The zero-order chi connectivity index (χ0) is 40.6. The topological polar surface area (TPSA) is 245 Å². The van der Waals surface area contributed by atoms with Gasteiger partial charge in [-0.15, -0.1) is 23.5 Å². The van der Waals surface area contributed by atoms with Gasteiger partial charge in [0.2, 0.25) is 11.8 Å². The van der Waals surface area contributed by atoms with Gasteiger partial charge >= 0.3 is 0 Å². The molecule has 0 unspecified atom stereocenters. The minimum Gasteiger partial charge on any atom is -0.391 e. The number of carbonyl (C=O) groups excluding carboxylic acids is 2. The second kappa shape index (κ2) is 21.8. The zero-order valence-electron chi connectivity index (χ0n) is 33.0. The van der Waals surface area contributed by atoms with E-state index >= 15 is 0 Å². The van der Waals surface area contributed by atoms with E-state index in [2.05, 4.69) is 24.5 Å². The van der Waals surface area contributed by atoms with Gasteiger partial charge < -0.3 is 61.0 Å². The zero-order valence-corrected chi connectivity index (χ0v) is 34.6. The number of nitrogens with one attached hydrogen (secondary N) is 2. The van der Waals surface area contributed by atoms with Gasteiger partial charge in [-0.05, 0) is 78.0 Å². The van der Waals surface area contributed by atoms with Gasteiger partial charge in [-0.2, -0.15) is 0 Å². The summed E-state index contributed by atoms with van der Waals surface area (Å²) in [5.41, 5.74) is -1.51. The maximum atomic E-state index is 12.8. The summed E-state index contributed by atoms with van der Waals surface area (Å²) in [5.74, 6) is 0.489. The van der Waals surface area contributed by atoms with E-state index in [-0.39, 0.29) is 23.9 Å². The molecule has 4 saturated heterocycles. The normalized spacial score (nSPS) is 39.9. The molecule has 0 aromatic rings. The number of hydrogen-bond donors (Lipinski definition) is 10. The Balaban J connectivity index is 0.000000290. The van der Waals surface area contributed by atoms with Crippen LogP contribution in [0.15, 0.2) is 0 Å². The molecule has 54 heavy (non-hydrogen) atoms. The van der Waals surface area contributed by atoms with E-state index in [0.717, 1.165) is 51.6 Å². The molecule has 18 heteroatoms. The van der Waals surface area contributed by atoms with Crippen LogP contribution in [0, 0.1) is 11.8 Å². The molecule has 4 aliphatic rings. The van der Waals surface area contributed by atoms with Crippen molar-refractivity contribution in [3.05, 3.63) is 0 Å². The predicted molar refractivity (Wildman–Crippen MR) is 206 cm³/mol. The van der Waals surface area contributed by atoms with Crippen LogP contribution in [-0.2, 0) is 19.1 Å². The number of carbonyl (C=O) groups is 2. The van der Waals surface area contributed by atoms with Crippen molar-refractivity contribution >= 4 is 35.3 Å². The molecule has 0 saturated carbocycles. The molecule has 0 aromatic heterocycles. The van der Waals surface area contributed by atoms with Crippen molar-refractivity contribution in [1.29, 1.82) is 0 Å². The maximum Gasteiger partial charge on any atom is 0.237 e. The first kappa shape index (κ1) is 47.5. The number of thioether (sulfide) groups is 2. The third-order valence-electron chi connectivity index (χ3n) is 11.3. The molecule has 10 N–H and O–H groups in total. The van der Waals surface area contributed by atoms with Crippen molar-refractivity contribution in [2.75, 3.05) is 39.7 Å². The molecule has 2 amide bonds. The number of likely N-dealkylation sites (tertiary alicyclic amines) is 2. The lowest BCUT2D eigenvalue weighted by molar-refractivity contribution is -0.211. The smallest absolute Gasteiger partial charge is 0.237 e. The first-order chi connectivity index (χ1) is 25.4. The highest BCUT2D eigenvalue weighted by atomic mass is 32.2. The molecule has 0 spiro atoms. The van der Waals surface area contributed by atoms with Crippen LogP contribution in [0.3, 0.4) is 0 Å². The molecule has 316 valence electrons. The van der Waals surface area contributed by atoms with Crippen LogP contribution < -0.4 is 10.6 Å². The molecule has 4 aliphatic heterocycles. The molecule has 4 heterocycles. The number of rotatable bonds is 14. The van der Waals surface area contributed by atoms with E-state index in [1.807, 2.05) is 23.9 Å². The van der Waals surface area contributed by atoms with Crippen molar-refractivity contribution in [2.45, 2.75) is 162 Å². The van der Waals surface area contributed by atoms with Crippen molar-refractivity contribution in [3.63, 3.8) is 0 Å². The quantitative estimate of drug-likeness (QED) is 0.0939. The number of likely N-dealkylation sites (N-methyl/N-ethyl adjacent to an activating group) is 2. The highest BCUT2D eigenvalue weighted by molar-refractivity contribution is 7.99. The molecule has 4 rings (SSSR count). The minimum atomic E-state index is -1.42. The number of aliphatic hydroxyl groups is 8. The highest BCUT2D eigenvalue weighted by Gasteiger charge is 2.50. The van der Waals surface area contributed by atoms with Crippen LogP contribution in [0.25, 0.3) is 0 Å². The fourth-order valence-electron chi connectivity index (χ4n) is 8.26. The maximum absolute atomic E-state index is 12.8. The first-order valence-corrected chi connectivity index (χ1v) is 21.8. The van der Waals surface area contributed by atoms with E-state index in [1.54, 1.807) is 12.5 Å². The third kappa shape index (κ3) is 11.6. The fraction of sp³-hybridized carbons (Fsp3) is 0.944. The number of aliphatic hydroxyl groups excluding tert-OH is 8. The average Bonchev–Trinajstić information content (AvgIpc) is 3.69. The van der Waals surface area contributed by atoms with Crippen molar-refractivity contribution in [2.24, 2.45) is 11.8 Å². The molecule has 0 radical (unpaired) electrons. The molecule has 4 fully saturated rings. The van der Waals surface area contributed by atoms with Gasteiger partial charge in [0.05, 0.1) is 36.4 Å². The van der Waals surface area contributed by atoms with Crippen LogP contribution in [0.5, 0.6) is 0 Å². The largest absolute Gasteiger partial charge is 0.391 e. The van der Waals surface area contributed by atoms with Gasteiger partial charge in [0.15, 0.2) is 0 Å². The Labute approximate surface area is 328 Å². The Bertz CT molecular complexity index is 1070. The summed E-state index contributed by atoms with van der Waals surface area (Å²) in [6.45, 7) is 8.97. The van der Waals surface area contributed by atoms with Gasteiger partial charge in [-0.25, -0.2) is 0 Å². The highest BCUT2D eigenvalue weighted by Crippen LogP contribution is 2.32. The lowest BCUT2D eigenvalue weighted by atomic mass is 9.92. The summed E-state index contributed by atoms with van der Waals surface area (Å²) in [4.78, 5) is 29.7. The SMILES string of the molecule is CCC[C@@H]1C[C@@H](C(=O)N[C@@H]([C@H]2O[C@H](SC)[C@H](O)[C@@H](O)[C@H]2O)[C@@H](C)O)N(C)C1.CCC[C@@H]1C[C@@H](C(=O)N[C@@H]([C@H]2O[C@H](SC)[C@H](O)[C@@H](O)[C@H]2O)[C@@H](C)O)N(C)C1. The van der Waals surface area contributed by atoms with E-state index < -0.39 is 84.0 Å². The lowest BCUT2D eigenvalue weighted by Gasteiger charge is -2.44. The number of amides is 2. The summed E-state index contributed by atoms with van der Waals surface area (Å²) in [7, 11) is 3.82. The Morgan fingerprint density at radius 1 is 0.648 bits per heavy atom. The summed E-state index contributed by atoms with van der Waals surface area (Å²) < 4.78 is 11.4. The van der Waals surface area contributed by atoms with Crippen LogP contribution in [-0.4, -0.2) is 198 Å². The minimum absolute atomic E-state index is 0.223. The Kier molecular flexibility index (Phi) is 19.2. The lowest BCUT2D eigenvalue weighted by Crippen LogP contribution is -2.65. The van der Waals surface area contributed by atoms with Crippen molar-refractivity contribution < 1.29 is 59.9 Å². The Hall–Kier alpha value is -0.840. The fourth-order valence-corrected chi connectivity index (χ4v) is 9.62. The van der Waals surface area contributed by atoms with E-state index in [1.165, 1.54) is 37.4 Å². The van der Waals surface area contributed by atoms with Gasteiger partial charge in [-0.3, -0.25) is 19.4 Å². The molecular formula is C36H68N4O12S2. The number of hydrogen-bond acceptors (Lipinski definition) is 16. The predicted octanol–water partition coefficient (Wildman–Crippen LogP) is -1.71. The molecule has 0 bridgehead atoms. The molecule has 16 nitrogen and oxygen atoms in total. The van der Waals surface area contributed by atoms with Gasteiger partial charge in [-0.1, -0.05) is 26.7 Å². The first-order valence-electron chi connectivity index (χ1n) is 19.2. The van der Waals surface area contributed by atoms with E-state index in [9.17, 15) is 50.4 Å². The third-order valence-corrected chi connectivity index (χ3v) is 13.0. The summed E-state index contributed by atoms with van der Waals surface area (Å²) in [5, 5.41) is 87.1. The van der Waals surface area contributed by atoms with Gasteiger partial charge in [0, 0.05) is 13.1 Å². The molecule has 18 atom stereocenters. The van der Waals surface area contributed by atoms with E-state index in [4.69, 9.17) is 9.47 Å². The van der Waals surface area contributed by atoms with Gasteiger partial charge in [0.25, 0.3) is 0 Å². The Morgan fingerprint density at radius 3 is 1.26 bits per heavy atom. The second-order valence-corrected chi connectivity index (χ2v) is 17.5. The second-order valence-electron chi connectivity index (χ2n) is 15.6.